The van der Waals surface area contributed by atoms with Crippen LogP contribution in [0.3, 0.4) is 0 Å². The number of cyclic esters (lactones) is 1. The molecule has 1 aromatic carbocycles. The lowest BCUT2D eigenvalue weighted by Gasteiger charge is -2.34. The molecule has 0 radical (unpaired) electrons. The van der Waals surface area contributed by atoms with Crippen molar-refractivity contribution in [2.75, 3.05) is 0 Å². The van der Waals surface area contributed by atoms with Crippen LogP contribution in [0.4, 0.5) is 0 Å². The maximum absolute atomic E-state index is 13.5. The molecule has 2 aromatic heterocycles. The van der Waals surface area contributed by atoms with Gasteiger partial charge in [0.15, 0.2) is 17.6 Å². The molecule has 2 atom stereocenters. The minimum atomic E-state index is -2.10. The average Bonchev–Trinajstić information content (AvgIpc) is 3.16. The molecule has 2 aliphatic heterocycles. The van der Waals surface area contributed by atoms with Gasteiger partial charge in [-0.3, -0.25) is 9.36 Å². The smallest absolute Gasteiger partial charge is 0.343 e. The van der Waals surface area contributed by atoms with Crippen molar-refractivity contribution in [3.63, 3.8) is 0 Å². The van der Waals surface area contributed by atoms with E-state index in [1.165, 1.54) is 11.5 Å². The lowest BCUT2D eigenvalue weighted by molar-refractivity contribution is -0.172. The zero-order chi connectivity index (χ0) is 23.7. The molecule has 0 amide bonds. The number of rotatable bonds is 4. The van der Waals surface area contributed by atoms with Gasteiger partial charge in [0.1, 0.15) is 18.1 Å². The molecule has 33 heavy (non-hydrogen) atoms. The van der Waals surface area contributed by atoms with Crippen molar-refractivity contribution >= 4 is 16.9 Å². The van der Waals surface area contributed by atoms with Crippen LogP contribution in [0.2, 0.25) is 0 Å². The first-order chi connectivity index (χ1) is 15.7. The maximum Gasteiger partial charge on any atom is 0.343 e. The number of pyridine rings is 2. The van der Waals surface area contributed by atoms with Gasteiger partial charge >= 0.3 is 5.97 Å². The van der Waals surface area contributed by atoms with Crippen molar-refractivity contribution in [3.05, 3.63) is 50.8 Å². The first-order valence-electron chi connectivity index (χ1n) is 10.9. The molecule has 9 nitrogen and oxygen atoms in total. The lowest BCUT2D eigenvalue weighted by atomic mass is 9.85. The van der Waals surface area contributed by atoms with Crippen LogP contribution in [-0.4, -0.2) is 37.1 Å². The fourth-order valence-corrected chi connectivity index (χ4v) is 4.80. The van der Waals surface area contributed by atoms with Crippen LogP contribution in [-0.2, 0) is 34.7 Å². The van der Waals surface area contributed by atoms with E-state index in [2.05, 4.69) is 0 Å². The zero-order valence-corrected chi connectivity index (χ0v) is 18.5. The molecule has 0 spiro atoms. The largest absolute Gasteiger partial charge is 0.507 e. The molecule has 0 saturated heterocycles. The van der Waals surface area contributed by atoms with E-state index in [1.54, 1.807) is 25.1 Å². The number of hydrogen-bond donors (Lipinski definition) is 3. The van der Waals surface area contributed by atoms with E-state index in [0.29, 0.717) is 28.6 Å². The number of benzene rings is 1. The van der Waals surface area contributed by atoms with Gasteiger partial charge < -0.3 is 24.8 Å². The molecular formula is C24H24N2O7. The van der Waals surface area contributed by atoms with Crippen LogP contribution in [0.5, 0.6) is 11.5 Å². The summed E-state index contributed by atoms with van der Waals surface area (Å²) < 4.78 is 12.3. The Morgan fingerprint density at radius 1 is 1.30 bits per heavy atom. The molecule has 5 rings (SSSR count). The van der Waals surface area contributed by atoms with Gasteiger partial charge in [0.2, 0.25) is 0 Å². The number of nitrogens with zero attached hydrogens (tertiary/aromatic N) is 2. The summed E-state index contributed by atoms with van der Waals surface area (Å²) in [5.74, 6) is -0.760. The topological polar surface area (TPSA) is 131 Å². The van der Waals surface area contributed by atoms with Crippen LogP contribution in [0.15, 0.2) is 23.0 Å². The Kier molecular flexibility index (Phi) is 4.73. The third kappa shape index (κ3) is 2.89. The summed E-state index contributed by atoms with van der Waals surface area (Å²) in [5.41, 5.74) is 0.484. The van der Waals surface area contributed by atoms with Crippen molar-refractivity contribution in [2.24, 2.45) is 0 Å². The Morgan fingerprint density at radius 2 is 2.06 bits per heavy atom. The molecule has 4 heterocycles. The summed E-state index contributed by atoms with van der Waals surface area (Å²) in [7, 11) is 0. The van der Waals surface area contributed by atoms with Gasteiger partial charge in [0.25, 0.3) is 5.56 Å². The van der Waals surface area contributed by atoms with Crippen LogP contribution >= 0.6 is 0 Å². The van der Waals surface area contributed by atoms with Gasteiger partial charge in [-0.2, -0.15) is 0 Å². The van der Waals surface area contributed by atoms with Crippen LogP contribution in [0.25, 0.3) is 22.3 Å². The van der Waals surface area contributed by atoms with Gasteiger partial charge in [0.05, 0.1) is 28.9 Å². The predicted molar refractivity (Wildman–Crippen MR) is 118 cm³/mol. The molecule has 0 bridgehead atoms. The zero-order valence-electron chi connectivity index (χ0n) is 18.5. The van der Waals surface area contributed by atoms with Crippen molar-refractivity contribution in [2.45, 2.75) is 58.7 Å². The molecule has 3 N–H and O–H groups in total. The maximum atomic E-state index is 13.5. The number of fused-ring (bicyclic) bond motifs is 5. The number of aromatic nitrogens is 2. The number of ether oxygens (including phenoxy) is 2. The van der Waals surface area contributed by atoms with Crippen molar-refractivity contribution < 1.29 is 29.6 Å². The molecule has 9 heteroatoms. The number of hydrogen-bond acceptors (Lipinski definition) is 8. The van der Waals surface area contributed by atoms with Crippen molar-refractivity contribution in [1.82, 2.24) is 9.55 Å². The van der Waals surface area contributed by atoms with E-state index in [1.807, 2.05) is 6.92 Å². The highest BCUT2D eigenvalue weighted by Gasteiger charge is 2.49. The molecule has 1 unspecified atom stereocenters. The van der Waals surface area contributed by atoms with Gasteiger partial charge in [-0.25, -0.2) is 9.78 Å². The molecule has 2 aliphatic rings. The minimum absolute atomic E-state index is 0.0137. The predicted octanol–water partition coefficient (Wildman–Crippen LogP) is 2.06. The van der Waals surface area contributed by atoms with Gasteiger partial charge in [-0.15, -0.1) is 0 Å². The summed E-state index contributed by atoms with van der Waals surface area (Å²) in [6.07, 6.45) is -0.656. The van der Waals surface area contributed by atoms with E-state index >= 15 is 0 Å². The standard InChI is InChI=1S/C24H24N2O7/c1-4-12-6-7-16(28)14-8-13-9-26-20(19(13)25-18(12)14)21(33-11(3)27)17-15(22(26)29)10-32-23(30)24(17,31)5-2/h6-8,11,27-28,31H,4-5,9-10H2,1-3H3/t11?,24-/m0/s1. The van der Waals surface area contributed by atoms with E-state index in [4.69, 9.17) is 14.5 Å². The normalized spacial score (nSPS) is 19.6. The number of aliphatic hydroxyl groups is 2. The van der Waals surface area contributed by atoms with Gasteiger partial charge in [0, 0.05) is 10.9 Å². The number of esters is 1. The molecular weight excluding hydrogens is 428 g/mol. The first-order valence-corrected chi connectivity index (χ1v) is 10.9. The molecule has 0 aliphatic carbocycles. The van der Waals surface area contributed by atoms with E-state index in [9.17, 15) is 24.9 Å². The highest BCUT2D eigenvalue weighted by atomic mass is 16.6. The number of aliphatic hydroxyl groups excluding tert-OH is 1. The van der Waals surface area contributed by atoms with Crippen molar-refractivity contribution in [3.8, 4) is 22.9 Å². The number of phenolic OH excluding ortho intramolecular Hbond substituents is 1. The van der Waals surface area contributed by atoms with Crippen molar-refractivity contribution in [1.29, 1.82) is 0 Å². The Hall–Kier alpha value is -3.43. The van der Waals surface area contributed by atoms with Crippen LogP contribution < -0.4 is 10.3 Å². The highest BCUT2D eigenvalue weighted by Crippen LogP contribution is 2.47. The van der Waals surface area contributed by atoms with E-state index in [0.717, 1.165) is 5.56 Å². The monoisotopic (exact) mass is 452 g/mol. The summed E-state index contributed by atoms with van der Waals surface area (Å²) in [5, 5.41) is 32.3. The second-order valence-corrected chi connectivity index (χ2v) is 8.42. The highest BCUT2D eigenvalue weighted by molar-refractivity contribution is 5.92. The van der Waals surface area contributed by atoms with Gasteiger partial charge in [-0.1, -0.05) is 19.9 Å². The second kappa shape index (κ2) is 7.29. The van der Waals surface area contributed by atoms with E-state index in [-0.39, 0.29) is 47.9 Å². The van der Waals surface area contributed by atoms with Gasteiger partial charge in [-0.05, 0) is 37.5 Å². The summed E-state index contributed by atoms with van der Waals surface area (Å²) in [4.78, 5) is 30.8. The second-order valence-electron chi connectivity index (χ2n) is 8.42. The SMILES string of the molecule is CCc1ccc(O)c2cc3c(nc12)-c1c(OC(C)O)c2c(c(=O)n1C3)COC(=O)[C@]2(O)CC. The Morgan fingerprint density at radius 3 is 2.73 bits per heavy atom. The average molecular weight is 452 g/mol. The first kappa shape index (κ1) is 21.4. The third-order valence-electron chi connectivity index (χ3n) is 6.47. The molecule has 0 fully saturated rings. The Balaban J connectivity index is 1.91. The number of aryl methyl sites for hydroxylation is 1. The molecule has 172 valence electrons. The lowest BCUT2D eigenvalue weighted by Crippen LogP contribution is -2.45. The number of phenols is 1. The quantitative estimate of drug-likeness (QED) is 0.317. The Bertz CT molecular complexity index is 1390. The minimum Gasteiger partial charge on any atom is -0.507 e. The Labute approximate surface area is 188 Å². The molecule has 3 aromatic rings. The number of carbonyl (C=O) groups is 1. The third-order valence-corrected chi connectivity index (χ3v) is 6.47. The number of aromatic hydroxyl groups is 1. The number of carbonyl (C=O) groups excluding carboxylic acids is 1. The fourth-order valence-electron chi connectivity index (χ4n) is 4.80. The van der Waals surface area contributed by atoms with E-state index < -0.39 is 23.4 Å². The molecule has 0 saturated carbocycles. The fraction of sp³-hybridized carbons (Fsp3) is 0.375. The summed E-state index contributed by atoms with van der Waals surface area (Å²) >= 11 is 0. The summed E-state index contributed by atoms with van der Waals surface area (Å²) in [6.45, 7) is 4.83. The summed E-state index contributed by atoms with van der Waals surface area (Å²) in [6, 6.07) is 5.21. The van der Waals surface area contributed by atoms with Crippen LogP contribution in [0.1, 0.15) is 49.4 Å². The van der Waals surface area contributed by atoms with Crippen LogP contribution in [0, 0.1) is 0 Å².